The number of nitrogens with zero attached hydrogens (tertiary/aromatic N) is 2. The van der Waals surface area contributed by atoms with Crippen molar-refractivity contribution in [2.45, 2.75) is 32.0 Å². The summed E-state index contributed by atoms with van der Waals surface area (Å²) in [7, 11) is 0. The standard InChI is InChI=1S/C23H24N4O3S/c24-13-16-8-10-18(11-9-16)19-15-31-22(25-19)26-21(28)20-7-4-12-27(20)23(29)30-14-17-5-2-1-3-6-17/h1-3,5-6,8-11,15,20H,4,7,12-14,24H2,(H,25,26,28)/t20-/m0/s1. The monoisotopic (exact) mass is 436 g/mol. The second-order valence-electron chi connectivity index (χ2n) is 7.32. The van der Waals surface area contributed by atoms with Gasteiger partial charge in [-0.05, 0) is 24.0 Å². The van der Waals surface area contributed by atoms with Crippen molar-refractivity contribution in [1.82, 2.24) is 9.88 Å². The number of carbonyl (C=O) groups excluding carboxylic acids is 2. The molecule has 0 saturated carbocycles. The molecule has 0 bridgehead atoms. The van der Waals surface area contributed by atoms with Gasteiger partial charge in [0.1, 0.15) is 12.6 Å². The van der Waals surface area contributed by atoms with Crippen molar-refractivity contribution < 1.29 is 14.3 Å². The number of anilines is 1. The molecule has 2 amide bonds. The number of carbonyl (C=O) groups is 2. The van der Waals surface area contributed by atoms with E-state index in [1.54, 1.807) is 0 Å². The van der Waals surface area contributed by atoms with Crippen LogP contribution in [-0.4, -0.2) is 34.5 Å². The lowest BCUT2D eigenvalue weighted by Crippen LogP contribution is -2.43. The van der Waals surface area contributed by atoms with Gasteiger partial charge in [-0.3, -0.25) is 9.69 Å². The highest BCUT2D eigenvalue weighted by Crippen LogP contribution is 2.26. The number of hydrogen-bond acceptors (Lipinski definition) is 6. The molecule has 4 rings (SSSR count). The van der Waals surface area contributed by atoms with Crippen molar-refractivity contribution in [3.05, 3.63) is 71.1 Å². The Kier molecular flexibility index (Phi) is 6.59. The second kappa shape index (κ2) is 9.72. The molecule has 2 heterocycles. The van der Waals surface area contributed by atoms with Crippen LogP contribution in [0.5, 0.6) is 0 Å². The third-order valence-corrected chi connectivity index (χ3v) is 5.97. The molecule has 1 atom stereocenters. The van der Waals surface area contributed by atoms with Crippen LogP contribution in [-0.2, 0) is 22.7 Å². The van der Waals surface area contributed by atoms with Crippen LogP contribution in [0.1, 0.15) is 24.0 Å². The lowest BCUT2D eigenvalue weighted by atomic mass is 10.1. The molecule has 0 radical (unpaired) electrons. The summed E-state index contributed by atoms with van der Waals surface area (Å²) in [6, 6.07) is 16.8. The van der Waals surface area contributed by atoms with Gasteiger partial charge in [0.2, 0.25) is 5.91 Å². The van der Waals surface area contributed by atoms with Gasteiger partial charge in [-0.25, -0.2) is 9.78 Å². The van der Waals surface area contributed by atoms with Crippen LogP contribution in [0.15, 0.2) is 60.0 Å². The predicted molar refractivity (Wildman–Crippen MR) is 120 cm³/mol. The summed E-state index contributed by atoms with van der Waals surface area (Å²) in [6.45, 7) is 1.18. The van der Waals surface area contributed by atoms with Crippen molar-refractivity contribution in [3.8, 4) is 11.3 Å². The minimum atomic E-state index is -0.556. The summed E-state index contributed by atoms with van der Waals surface area (Å²) >= 11 is 1.36. The number of amides is 2. The number of likely N-dealkylation sites (tertiary alicyclic amines) is 1. The van der Waals surface area contributed by atoms with Gasteiger partial charge in [0.15, 0.2) is 5.13 Å². The largest absolute Gasteiger partial charge is 0.445 e. The molecule has 3 aromatic rings. The summed E-state index contributed by atoms with van der Waals surface area (Å²) in [5, 5.41) is 5.26. The maximum absolute atomic E-state index is 12.8. The highest BCUT2D eigenvalue weighted by atomic mass is 32.1. The van der Waals surface area contributed by atoms with E-state index in [0.717, 1.165) is 28.8 Å². The number of ether oxygens (including phenoxy) is 1. The lowest BCUT2D eigenvalue weighted by Gasteiger charge is -2.22. The quantitative estimate of drug-likeness (QED) is 0.608. The van der Waals surface area contributed by atoms with Gasteiger partial charge in [0.05, 0.1) is 5.69 Å². The van der Waals surface area contributed by atoms with E-state index in [4.69, 9.17) is 10.5 Å². The minimum Gasteiger partial charge on any atom is -0.445 e. The number of nitrogens with two attached hydrogens (primary N) is 1. The van der Waals surface area contributed by atoms with E-state index in [1.807, 2.05) is 60.0 Å². The Morgan fingerprint density at radius 1 is 1.13 bits per heavy atom. The molecule has 8 heteroatoms. The van der Waals surface area contributed by atoms with Crippen LogP contribution < -0.4 is 11.1 Å². The number of thiazole rings is 1. The van der Waals surface area contributed by atoms with Gasteiger partial charge in [0, 0.05) is 24.0 Å². The van der Waals surface area contributed by atoms with Crippen LogP contribution >= 0.6 is 11.3 Å². The van der Waals surface area contributed by atoms with Gasteiger partial charge in [-0.2, -0.15) is 0 Å². The highest BCUT2D eigenvalue weighted by molar-refractivity contribution is 7.14. The normalized spacial score (nSPS) is 15.6. The van der Waals surface area contributed by atoms with Gasteiger partial charge in [-0.15, -0.1) is 11.3 Å². The molecule has 0 spiro atoms. The molecule has 1 fully saturated rings. The zero-order valence-corrected chi connectivity index (χ0v) is 17.8. The Morgan fingerprint density at radius 2 is 1.90 bits per heavy atom. The maximum atomic E-state index is 12.8. The van der Waals surface area contributed by atoms with Crippen LogP contribution in [0.25, 0.3) is 11.3 Å². The first-order valence-corrected chi connectivity index (χ1v) is 11.0. The molecule has 1 aromatic heterocycles. The third-order valence-electron chi connectivity index (χ3n) is 5.21. The smallest absolute Gasteiger partial charge is 0.410 e. The van der Waals surface area contributed by atoms with Crippen molar-refractivity contribution in [3.63, 3.8) is 0 Å². The Morgan fingerprint density at radius 3 is 2.65 bits per heavy atom. The molecular formula is C23H24N4O3S. The summed E-state index contributed by atoms with van der Waals surface area (Å²) in [4.78, 5) is 31.4. The average molecular weight is 437 g/mol. The molecule has 2 aromatic carbocycles. The second-order valence-corrected chi connectivity index (χ2v) is 8.18. The Hall–Kier alpha value is -3.23. The van der Waals surface area contributed by atoms with Crippen molar-refractivity contribution in [2.24, 2.45) is 5.73 Å². The van der Waals surface area contributed by atoms with E-state index in [0.29, 0.717) is 24.6 Å². The highest BCUT2D eigenvalue weighted by Gasteiger charge is 2.35. The third kappa shape index (κ3) is 5.10. The fraction of sp³-hybridized carbons (Fsp3) is 0.261. The number of aromatic nitrogens is 1. The molecule has 1 aliphatic rings. The first-order valence-electron chi connectivity index (χ1n) is 10.2. The van der Waals surface area contributed by atoms with E-state index in [2.05, 4.69) is 10.3 Å². The van der Waals surface area contributed by atoms with Crippen LogP contribution in [0.3, 0.4) is 0 Å². The van der Waals surface area contributed by atoms with E-state index in [-0.39, 0.29) is 12.5 Å². The minimum absolute atomic E-state index is 0.184. The Bertz CT molecular complexity index is 1040. The summed E-state index contributed by atoms with van der Waals surface area (Å²) in [6.07, 6.45) is 0.890. The molecule has 0 unspecified atom stereocenters. The van der Waals surface area contributed by atoms with Crippen molar-refractivity contribution in [2.75, 3.05) is 11.9 Å². The Balaban J connectivity index is 1.36. The van der Waals surface area contributed by atoms with E-state index in [1.165, 1.54) is 16.2 Å². The summed E-state index contributed by atoms with van der Waals surface area (Å²) in [5.41, 5.74) is 9.34. The van der Waals surface area contributed by atoms with Crippen LogP contribution in [0, 0.1) is 0 Å². The number of benzene rings is 2. The van der Waals surface area contributed by atoms with E-state index >= 15 is 0 Å². The van der Waals surface area contributed by atoms with Gasteiger partial charge >= 0.3 is 6.09 Å². The van der Waals surface area contributed by atoms with Crippen LogP contribution in [0.4, 0.5) is 9.93 Å². The molecule has 0 aliphatic carbocycles. The maximum Gasteiger partial charge on any atom is 0.410 e. The van der Waals surface area contributed by atoms with Gasteiger partial charge in [-0.1, -0.05) is 54.6 Å². The fourth-order valence-electron chi connectivity index (χ4n) is 3.52. The number of hydrogen-bond donors (Lipinski definition) is 2. The van der Waals surface area contributed by atoms with Crippen molar-refractivity contribution >= 4 is 28.5 Å². The van der Waals surface area contributed by atoms with Gasteiger partial charge in [0.25, 0.3) is 0 Å². The molecule has 1 saturated heterocycles. The van der Waals surface area contributed by atoms with Crippen LogP contribution in [0.2, 0.25) is 0 Å². The first-order chi connectivity index (χ1) is 15.1. The van der Waals surface area contributed by atoms with E-state index < -0.39 is 12.1 Å². The predicted octanol–water partition coefficient (Wildman–Crippen LogP) is 4.01. The molecule has 1 aliphatic heterocycles. The van der Waals surface area contributed by atoms with Crippen molar-refractivity contribution in [1.29, 1.82) is 0 Å². The topological polar surface area (TPSA) is 97.6 Å². The number of nitrogens with one attached hydrogen (secondary N) is 1. The summed E-state index contributed by atoms with van der Waals surface area (Å²) < 4.78 is 5.41. The zero-order chi connectivity index (χ0) is 21.6. The number of rotatable bonds is 6. The summed E-state index contributed by atoms with van der Waals surface area (Å²) in [5.74, 6) is -0.242. The van der Waals surface area contributed by atoms with Gasteiger partial charge < -0.3 is 15.8 Å². The molecular weight excluding hydrogens is 412 g/mol. The lowest BCUT2D eigenvalue weighted by molar-refractivity contribution is -0.120. The molecule has 31 heavy (non-hydrogen) atoms. The molecule has 7 nitrogen and oxygen atoms in total. The zero-order valence-electron chi connectivity index (χ0n) is 17.0. The van der Waals surface area contributed by atoms with E-state index in [9.17, 15) is 9.59 Å². The fourth-order valence-corrected chi connectivity index (χ4v) is 4.25. The first kappa shape index (κ1) is 21.0. The Labute approximate surface area is 184 Å². The molecule has 160 valence electrons. The SMILES string of the molecule is NCc1ccc(-c2csc(NC(=O)[C@@H]3CCCN3C(=O)OCc3ccccc3)n2)cc1. The average Bonchev–Trinajstić information content (AvgIpc) is 3.48. The molecule has 3 N–H and O–H groups in total.